The molecule has 0 saturated heterocycles. The molecule has 18 heavy (non-hydrogen) atoms. The number of nitrogens with one attached hydrogen (secondary N) is 2. The number of hydrogen-bond donors (Lipinski definition) is 2. The van der Waals surface area contributed by atoms with Crippen LogP contribution >= 0.6 is 23.6 Å². The van der Waals surface area contributed by atoms with Gasteiger partial charge in [-0.2, -0.15) is 0 Å². The van der Waals surface area contributed by atoms with Crippen molar-refractivity contribution in [3.63, 3.8) is 0 Å². The van der Waals surface area contributed by atoms with Crippen molar-refractivity contribution < 1.29 is 4.79 Å². The van der Waals surface area contributed by atoms with Gasteiger partial charge in [0.05, 0.1) is 5.69 Å². The monoisotopic (exact) mass is 277 g/mol. The van der Waals surface area contributed by atoms with Crippen LogP contribution in [0.1, 0.15) is 6.92 Å². The van der Waals surface area contributed by atoms with Crippen LogP contribution < -0.4 is 10.6 Å². The highest BCUT2D eigenvalue weighted by molar-refractivity contribution is 7.80. The van der Waals surface area contributed by atoms with Gasteiger partial charge in [-0.15, -0.1) is 11.3 Å². The van der Waals surface area contributed by atoms with Crippen LogP contribution in [0.15, 0.2) is 35.7 Å². The minimum absolute atomic E-state index is 0.202. The van der Waals surface area contributed by atoms with Gasteiger partial charge in [0.2, 0.25) is 5.91 Å². The quantitative estimate of drug-likeness (QED) is 0.829. The largest absolute Gasteiger partial charge is 0.308 e. The molecule has 2 rings (SSSR count). The highest BCUT2D eigenvalue weighted by atomic mass is 32.1. The van der Waals surface area contributed by atoms with Crippen LogP contribution in [0.4, 0.5) is 5.13 Å². The number of benzene rings is 1. The molecular weight excluding hydrogens is 266 g/mol. The number of hydrogen-bond acceptors (Lipinski definition) is 4. The average molecular weight is 277 g/mol. The minimum atomic E-state index is -0.202. The summed E-state index contributed by atoms with van der Waals surface area (Å²) in [6, 6.07) is 9.87. The van der Waals surface area contributed by atoms with Gasteiger partial charge >= 0.3 is 0 Å². The fourth-order valence-electron chi connectivity index (χ4n) is 1.36. The summed E-state index contributed by atoms with van der Waals surface area (Å²) in [6.07, 6.45) is 0. The molecule has 0 atom stereocenters. The Morgan fingerprint density at radius 1 is 1.33 bits per heavy atom. The Morgan fingerprint density at radius 2 is 2.06 bits per heavy atom. The molecule has 2 aromatic rings. The Morgan fingerprint density at radius 3 is 2.72 bits per heavy atom. The molecule has 2 N–H and O–H groups in total. The summed E-state index contributed by atoms with van der Waals surface area (Å²) >= 11 is 6.40. The van der Waals surface area contributed by atoms with Crippen molar-refractivity contribution in [2.75, 3.05) is 5.32 Å². The van der Waals surface area contributed by atoms with E-state index in [-0.39, 0.29) is 11.0 Å². The summed E-state index contributed by atoms with van der Waals surface area (Å²) in [5, 5.41) is 8.22. The van der Waals surface area contributed by atoms with Gasteiger partial charge in [0.25, 0.3) is 0 Å². The number of aromatic nitrogens is 1. The van der Waals surface area contributed by atoms with E-state index in [4.69, 9.17) is 12.2 Å². The number of thiazole rings is 1. The molecule has 0 radical (unpaired) electrons. The topological polar surface area (TPSA) is 54.0 Å². The van der Waals surface area contributed by atoms with Crippen molar-refractivity contribution in [3.05, 3.63) is 35.7 Å². The molecule has 0 aliphatic rings. The molecule has 1 aromatic heterocycles. The highest BCUT2D eigenvalue weighted by Crippen LogP contribution is 2.24. The Balaban J connectivity index is 2.07. The van der Waals surface area contributed by atoms with Crippen LogP contribution in [-0.4, -0.2) is 16.0 Å². The van der Waals surface area contributed by atoms with E-state index in [0.717, 1.165) is 11.3 Å². The molecule has 0 aliphatic carbocycles. The van der Waals surface area contributed by atoms with Crippen molar-refractivity contribution in [3.8, 4) is 11.3 Å². The van der Waals surface area contributed by atoms with E-state index in [9.17, 15) is 4.79 Å². The van der Waals surface area contributed by atoms with Gasteiger partial charge in [-0.3, -0.25) is 4.79 Å². The van der Waals surface area contributed by atoms with E-state index in [0.29, 0.717) is 5.13 Å². The molecular formula is C12H11N3OS2. The standard InChI is InChI=1S/C12H11N3OS2/c1-8(16)13-11(17)15-12-14-10(7-18-12)9-5-3-2-4-6-9/h2-7H,1H3,(H2,13,14,15,16,17). The normalized spacial score (nSPS) is 9.83. The lowest BCUT2D eigenvalue weighted by Gasteiger charge is -2.03. The molecule has 92 valence electrons. The molecule has 0 aliphatic heterocycles. The van der Waals surface area contributed by atoms with Crippen molar-refractivity contribution >= 4 is 39.7 Å². The lowest BCUT2D eigenvalue weighted by atomic mass is 10.2. The lowest BCUT2D eigenvalue weighted by molar-refractivity contribution is -0.117. The van der Waals surface area contributed by atoms with E-state index in [1.165, 1.54) is 18.3 Å². The number of rotatable bonds is 2. The summed E-state index contributed by atoms with van der Waals surface area (Å²) in [5.41, 5.74) is 1.93. The van der Waals surface area contributed by atoms with Crippen LogP contribution in [-0.2, 0) is 4.79 Å². The second-order valence-electron chi connectivity index (χ2n) is 3.54. The molecule has 1 heterocycles. The zero-order chi connectivity index (χ0) is 13.0. The van der Waals surface area contributed by atoms with Gasteiger partial charge in [-0.25, -0.2) is 4.98 Å². The van der Waals surface area contributed by atoms with Crippen LogP contribution in [0, 0.1) is 0 Å². The Hall–Kier alpha value is -1.79. The summed E-state index contributed by atoms with van der Waals surface area (Å²) in [4.78, 5) is 15.2. The predicted octanol–water partition coefficient (Wildman–Crippen LogP) is 2.64. The third kappa shape index (κ3) is 3.35. The number of anilines is 1. The van der Waals surface area contributed by atoms with E-state index in [2.05, 4.69) is 15.6 Å². The van der Waals surface area contributed by atoms with Crippen molar-refractivity contribution in [2.24, 2.45) is 0 Å². The summed E-state index contributed by atoms with van der Waals surface area (Å²) in [6.45, 7) is 1.41. The summed E-state index contributed by atoms with van der Waals surface area (Å²) < 4.78 is 0. The first-order valence-electron chi connectivity index (χ1n) is 5.24. The van der Waals surface area contributed by atoms with Crippen LogP contribution in [0.2, 0.25) is 0 Å². The highest BCUT2D eigenvalue weighted by Gasteiger charge is 2.06. The Labute approximate surface area is 114 Å². The smallest absolute Gasteiger partial charge is 0.222 e. The molecule has 0 fully saturated rings. The zero-order valence-corrected chi connectivity index (χ0v) is 11.3. The SMILES string of the molecule is CC(=O)NC(=S)Nc1nc(-c2ccccc2)cs1. The van der Waals surface area contributed by atoms with Gasteiger partial charge in [0.1, 0.15) is 0 Å². The van der Waals surface area contributed by atoms with Crippen LogP contribution in [0.3, 0.4) is 0 Å². The van der Waals surface area contributed by atoms with Gasteiger partial charge in [-0.1, -0.05) is 30.3 Å². The van der Waals surface area contributed by atoms with Crippen molar-refractivity contribution in [1.82, 2.24) is 10.3 Å². The van der Waals surface area contributed by atoms with Crippen molar-refractivity contribution in [2.45, 2.75) is 6.92 Å². The van der Waals surface area contributed by atoms with Gasteiger partial charge < -0.3 is 10.6 Å². The van der Waals surface area contributed by atoms with E-state index in [1.54, 1.807) is 0 Å². The van der Waals surface area contributed by atoms with E-state index in [1.807, 2.05) is 35.7 Å². The number of nitrogens with zero attached hydrogens (tertiary/aromatic N) is 1. The third-order valence-corrected chi connectivity index (χ3v) is 3.05. The second kappa shape index (κ2) is 5.70. The van der Waals surface area contributed by atoms with Crippen molar-refractivity contribution in [1.29, 1.82) is 0 Å². The predicted molar refractivity (Wildman–Crippen MR) is 77.6 cm³/mol. The molecule has 1 amide bonds. The summed E-state index contributed by atoms with van der Waals surface area (Å²) in [7, 11) is 0. The second-order valence-corrected chi connectivity index (χ2v) is 4.81. The molecule has 0 saturated carbocycles. The Bertz CT molecular complexity index is 566. The first-order chi connectivity index (χ1) is 8.65. The fourth-order valence-corrected chi connectivity index (χ4v) is 2.39. The minimum Gasteiger partial charge on any atom is -0.308 e. The lowest BCUT2D eigenvalue weighted by Crippen LogP contribution is -2.32. The number of carbonyl (C=O) groups is 1. The molecule has 4 nitrogen and oxygen atoms in total. The van der Waals surface area contributed by atoms with Crippen LogP contribution in [0.5, 0.6) is 0 Å². The third-order valence-electron chi connectivity index (χ3n) is 2.08. The Kier molecular flexibility index (Phi) is 4.01. The average Bonchev–Trinajstić information content (AvgIpc) is 2.77. The molecule has 0 spiro atoms. The number of carbonyl (C=O) groups excluding carboxylic acids is 1. The van der Waals surface area contributed by atoms with Gasteiger partial charge in [0, 0.05) is 17.9 Å². The van der Waals surface area contributed by atoms with Crippen LogP contribution in [0.25, 0.3) is 11.3 Å². The molecule has 0 unspecified atom stereocenters. The molecule has 6 heteroatoms. The summed E-state index contributed by atoms with van der Waals surface area (Å²) in [5.74, 6) is -0.202. The first-order valence-corrected chi connectivity index (χ1v) is 6.53. The molecule has 0 bridgehead atoms. The number of thiocarbonyl (C=S) groups is 1. The zero-order valence-electron chi connectivity index (χ0n) is 9.64. The van der Waals surface area contributed by atoms with Gasteiger partial charge in [-0.05, 0) is 12.2 Å². The first kappa shape index (κ1) is 12.7. The maximum absolute atomic E-state index is 10.8. The fraction of sp³-hybridized carbons (Fsp3) is 0.0833. The molecule has 1 aromatic carbocycles. The van der Waals surface area contributed by atoms with Gasteiger partial charge in [0.15, 0.2) is 10.2 Å². The van der Waals surface area contributed by atoms with E-state index < -0.39 is 0 Å². The maximum Gasteiger partial charge on any atom is 0.222 e. The maximum atomic E-state index is 10.8. The van der Waals surface area contributed by atoms with E-state index >= 15 is 0 Å². The number of amides is 1.